The fraction of sp³-hybridized carbons (Fsp3) is 0.267. The number of benzene rings is 1. The van der Waals surface area contributed by atoms with Gasteiger partial charge < -0.3 is 5.32 Å². The Kier molecular flexibility index (Phi) is 3.82. The van der Waals surface area contributed by atoms with Crippen molar-refractivity contribution < 1.29 is 4.79 Å². The minimum atomic E-state index is -0.0456. The molecule has 0 saturated carbocycles. The predicted octanol–water partition coefficient (Wildman–Crippen LogP) is 3.34. The third-order valence-electron chi connectivity index (χ3n) is 3.45. The zero-order valence-electron chi connectivity index (χ0n) is 10.4. The molecule has 1 unspecified atom stereocenters. The van der Waals surface area contributed by atoms with Gasteiger partial charge in [-0.05, 0) is 45.6 Å². The van der Waals surface area contributed by atoms with E-state index in [0.29, 0.717) is 6.42 Å². The van der Waals surface area contributed by atoms with Crippen LogP contribution in [0.5, 0.6) is 0 Å². The maximum absolute atomic E-state index is 12.3. The highest BCUT2D eigenvalue weighted by atomic mass is 79.9. The van der Waals surface area contributed by atoms with Crippen LogP contribution in [0.2, 0.25) is 0 Å². The molecule has 0 saturated heterocycles. The lowest BCUT2D eigenvalue weighted by atomic mass is 9.92. The number of nitrogens with one attached hydrogen (secondary N) is 1. The van der Waals surface area contributed by atoms with Crippen LogP contribution in [0.15, 0.2) is 40.2 Å². The summed E-state index contributed by atoms with van der Waals surface area (Å²) in [6.07, 6.45) is 1.33. The highest BCUT2D eigenvalue weighted by molar-refractivity contribution is 9.11. The zero-order valence-corrected chi connectivity index (χ0v) is 12.8. The second-order valence-corrected chi connectivity index (χ2v) is 7.30. The largest absolute Gasteiger partial charge is 0.303 e. The van der Waals surface area contributed by atoms with Crippen molar-refractivity contribution in [3.05, 3.63) is 56.2 Å². The first kappa shape index (κ1) is 13.0. The lowest BCUT2D eigenvalue weighted by molar-refractivity contribution is -0.120. The van der Waals surface area contributed by atoms with Crippen LogP contribution in [0.4, 0.5) is 0 Å². The number of Topliss-reactive ketones (excluding diaryl/α,β-unsaturated/α-hetero) is 1. The van der Waals surface area contributed by atoms with E-state index in [1.54, 1.807) is 11.3 Å². The van der Waals surface area contributed by atoms with E-state index in [4.69, 9.17) is 0 Å². The summed E-state index contributed by atoms with van der Waals surface area (Å²) in [6, 6.07) is 12.3. The van der Waals surface area contributed by atoms with Gasteiger partial charge in [0.2, 0.25) is 0 Å². The van der Waals surface area contributed by atoms with Gasteiger partial charge in [0.25, 0.3) is 0 Å². The first-order chi connectivity index (χ1) is 9.22. The fourth-order valence-electron chi connectivity index (χ4n) is 2.42. The third kappa shape index (κ3) is 2.96. The summed E-state index contributed by atoms with van der Waals surface area (Å²) in [5.74, 6) is 0.281. The first-order valence-corrected chi connectivity index (χ1v) is 7.90. The predicted molar refractivity (Wildman–Crippen MR) is 81.5 cm³/mol. The van der Waals surface area contributed by atoms with Gasteiger partial charge in [-0.3, -0.25) is 4.79 Å². The Bertz CT molecular complexity index is 608. The van der Waals surface area contributed by atoms with E-state index in [1.807, 2.05) is 24.3 Å². The molecule has 4 heteroatoms. The van der Waals surface area contributed by atoms with Crippen molar-refractivity contribution in [2.45, 2.75) is 25.4 Å². The molecule has 0 aliphatic carbocycles. The average molecular weight is 336 g/mol. The van der Waals surface area contributed by atoms with Crippen LogP contribution in [0.25, 0.3) is 0 Å². The van der Waals surface area contributed by atoms with Gasteiger partial charge in [0.1, 0.15) is 0 Å². The number of hydrogen-bond acceptors (Lipinski definition) is 3. The second-order valence-electron chi connectivity index (χ2n) is 4.76. The van der Waals surface area contributed by atoms with Crippen LogP contribution in [0, 0.1) is 0 Å². The Morgan fingerprint density at radius 2 is 2.05 bits per heavy atom. The topological polar surface area (TPSA) is 29.1 Å². The molecule has 0 fully saturated rings. The van der Waals surface area contributed by atoms with Gasteiger partial charge in [0, 0.05) is 17.8 Å². The normalized spacial score (nSPS) is 18.1. The minimum absolute atomic E-state index is 0.0456. The average Bonchev–Trinajstić information content (AvgIpc) is 2.83. The smallest absolute Gasteiger partial charge is 0.155 e. The highest BCUT2D eigenvalue weighted by Gasteiger charge is 2.23. The molecule has 0 radical (unpaired) electrons. The molecule has 98 valence electrons. The molecule has 1 aliphatic heterocycles. The van der Waals surface area contributed by atoms with Crippen molar-refractivity contribution in [2.75, 3.05) is 0 Å². The van der Waals surface area contributed by atoms with Crippen molar-refractivity contribution in [1.29, 1.82) is 0 Å². The molecule has 1 aromatic carbocycles. The van der Waals surface area contributed by atoms with Crippen molar-refractivity contribution in [1.82, 2.24) is 5.32 Å². The van der Waals surface area contributed by atoms with Gasteiger partial charge >= 0.3 is 0 Å². The molecule has 1 N–H and O–H groups in total. The fourth-order valence-corrected chi connectivity index (χ4v) is 3.92. The van der Waals surface area contributed by atoms with E-state index < -0.39 is 0 Å². The summed E-state index contributed by atoms with van der Waals surface area (Å²) in [6.45, 7) is 0.792. The van der Waals surface area contributed by atoms with Crippen LogP contribution < -0.4 is 5.32 Å². The molecule has 1 aliphatic rings. The van der Waals surface area contributed by atoms with Gasteiger partial charge in [-0.2, -0.15) is 0 Å². The summed E-state index contributed by atoms with van der Waals surface area (Å²) in [7, 11) is 0. The van der Waals surface area contributed by atoms with Crippen molar-refractivity contribution in [2.24, 2.45) is 0 Å². The lowest BCUT2D eigenvalue weighted by Crippen LogP contribution is -2.42. The van der Waals surface area contributed by atoms with Gasteiger partial charge in [0.05, 0.1) is 9.83 Å². The Labute approximate surface area is 125 Å². The van der Waals surface area contributed by atoms with E-state index in [2.05, 4.69) is 33.4 Å². The minimum Gasteiger partial charge on any atom is -0.303 e. The molecular formula is C15H14BrNOS. The van der Waals surface area contributed by atoms with E-state index >= 15 is 0 Å². The molecule has 0 amide bonds. The van der Waals surface area contributed by atoms with Crippen LogP contribution in [0.1, 0.15) is 16.0 Å². The van der Waals surface area contributed by atoms with Crippen LogP contribution >= 0.6 is 27.3 Å². The third-order valence-corrected chi connectivity index (χ3v) is 5.07. The van der Waals surface area contributed by atoms with Crippen LogP contribution in [0.3, 0.4) is 0 Å². The van der Waals surface area contributed by atoms with E-state index in [1.165, 1.54) is 11.1 Å². The van der Waals surface area contributed by atoms with Crippen molar-refractivity contribution in [3.8, 4) is 0 Å². The number of hydrogen-bond donors (Lipinski definition) is 1. The molecular weight excluding hydrogens is 322 g/mol. The first-order valence-electron chi connectivity index (χ1n) is 6.29. The SMILES string of the molecule is O=C(Cc1ccc(Br)s1)C1Cc2ccccc2CN1. The van der Waals surface area contributed by atoms with Crippen LogP contribution in [-0.4, -0.2) is 11.8 Å². The lowest BCUT2D eigenvalue weighted by Gasteiger charge is -2.25. The quantitative estimate of drug-likeness (QED) is 0.932. The number of halogens is 1. The molecule has 2 nitrogen and oxygen atoms in total. The standard InChI is InChI=1S/C15H14BrNOS/c16-15-6-5-12(19-15)8-14(18)13-7-10-3-1-2-4-11(10)9-17-13/h1-6,13,17H,7-9H2. The Morgan fingerprint density at radius 3 is 2.79 bits per heavy atom. The van der Waals surface area contributed by atoms with Crippen LogP contribution in [-0.2, 0) is 24.2 Å². The molecule has 2 aromatic rings. The number of carbonyl (C=O) groups is 1. The number of carbonyl (C=O) groups excluding carboxylic acids is 1. The zero-order chi connectivity index (χ0) is 13.2. The molecule has 19 heavy (non-hydrogen) atoms. The van der Waals surface area contributed by atoms with Crippen molar-refractivity contribution in [3.63, 3.8) is 0 Å². The van der Waals surface area contributed by atoms with Gasteiger partial charge in [-0.25, -0.2) is 0 Å². The Hall–Kier alpha value is -0.970. The Balaban J connectivity index is 1.69. The maximum Gasteiger partial charge on any atom is 0.155 e. The molecule has 1 atom stereocenters. The van der Waals surface area contributed by atoms with Crippen molar-refractivity contribution >= 4 is 33.0 Å². The number of ketones is 1. The summed E-state index contributed by atoms with van der Waals surface area (Å²) >= 11 is 5.06. The monoisotopic (exact) mass is 335 g/mol. The molecule has 3 rings (SSSR count). The summed E-state index contributed by atoms with van der Waals surface area (Å²) in [4.78, 5) is 13.4. The summed E-state index contributed by atoms with van der Waals surface area (Å²) in [5.41, 5.74) is 2.61. The highest BCUT2D eigenvalue weighted by Crippen LogP contribution is 2.24. The molecule has 0 spiro atoms. The van der Waals surface area contributed by atoms with Gasteiger partial charge in [0.15, 0.2) is 5.78 Å². The number of rotatable bonds is 3. The van der Waals surface area contributed by atoms with Gasteiger partial charge in [-0.1, -0.05) is 24.3 Å². The summed E-state index contributed by atoms with van der Waals surface area (Å²) in [5, 5.41) is 3.35. The van der Waals surface area contributed by atoms with E-state index in [0.717, 1.165) is 21.6 Å². The number of fused-ring (bicyclic) bond motifs is 1. The Morgan fingerprint density at radius 1 is 1.26 bits per heavy atom. The van der Waals surface area contributed by atoms with E-state index in [-0.39, 0.29) is 11.8 Å². The van der Waals surface area contributed by atoms with E-state index in [9.17, 15) is 4.79 Å². The molecule has 2 heterocycles. The molecule has 0 bridgehead atoms. The molecule has 1 aromatic heterocycles. The van der Waals surface area contributed by atoms with Gasteiger partial charge in [-0.15, -0.1) is 11.3 Å². The number of thiophene rings is 1. The summed E-state index contributed by atoms with van der Waals surface area (Å²) < 4.78 is 1.08. The maximum atomic E-state index is 12.3. The second kappa shape index (κ2) is 5.57.